The number of carboxylic acid groups (broad SMARTS) is 1. The summed E-state index contributed by atoms with van der Waals surface area (Å²) in [6.07, 6.45) is 5.73. The third-order valence-electron chi connectivity index (χ3n) is 3.06. The van der Waals surface area contributed by atoms with E-state index in [9.17, 15) is 9.59 Å². The molecule has 0 aromatic rings. The molecule has 0 radical (unpaired) electrons. The molecule has 0 aromatic heterocycles. The minimum Gasteiger partial charge on any atom is -0.481 e. The number of hydrogen-bond acceptors (Lipinski definition) is 3. The van der Waals surface area contributed by atoms with Gasteiger partial charge >= 0.3 is 5.97 Å². The Morgan fingerprint density at radius 1 is 1.25 bits per heavy atom. The normalized spacial score (nSPS) is 17.6. The Balaban J connectivity index is 2.47. The molecule has 1 rings (SSSR count). The van der Waals surface area contributed by atoms with E-state index >= 15 is 0 Å². The minimum atomic E-state index is -0.828. The molecule has 1 amide bonds. The molecule has 0 bridgehead atoms. The van der Waals surface area contributed by atoms with Gasteiger partial charge in [0.25, 0.3) is 0 Å². The molecule has 1 aliphatic rings. The van der Waals surface area contributed by atoms with Gasteiger partial charge in [-0.05, 0) is 12.8 Å². The number of carbonyl (C=O) groups is 2. The van der Waals surface area contributed by atoms with E-state index < -0.39 is 5.97 Å². The lowest BCUT2D eigenvalue weighted by Gasteiger charge is -2.33. The zero-order valence-electron chi connectivity index (χ0n) is 9.52. The smallest absolute Gasteiger partial charge is 0.304 e. The van der Waals surface area contributed by atoms with Gasteiger partial charge in [-0.15, -0.1) is 0 Å². The van der Waals surface area contributed by atoms with Crippen molar-refractivity contribution in [3.63, 3.8) is 0 Å². The van der Waals surface area contributed by atoms with Crippen LogP contribution in [0.25, 0.3) is 0 Å². The topological polar surface area (TPSA) is 83.6 Å². The van der Waals surface area contributed by atoms with Crippen LogP contribution in [0.1, 0.15) is 38.5 Å². The summed E-state index contributed by atoms with van der Waals surface area (Å²) in [6.45, 7) is 0.598. The summed E-state index contributed by atoms with van der Waals surface area (Å²) >= 11 is 0. The largest absolute Gasteiger partial charge is 0.481 e. The van der Waals surface area contributed by atoms with E-state index in [4.69, 9.17) is 10.8 Å². The maximum atomic E-state index is 10.9. The zero-order chi connectivity index (χ0) is 12.0. The second-order valence-corrected chi connectivity index (χ2v) is 4.37. The lowest BCUT2D eigenvalue weighted by atomic mass is 9.94. The number of aliphatic carboxylic acids is 1. The molecule has 3 N–H and O–H groups in total. The van der Waals surface area contributed by atoms with Crippen molar-refractivity contribution in [3.05, 3.63) is 0 Å². The van der Waals surface area contributed by atoms with Gasteiger partial charge in [0.15, 0.2) is 0 Å². The first-order valence-electron chi connectivity index (χ1n) is 5.83. The van der Waals surface area contributed by atoms with Crippen LogP contribution in [-0.4, -0.2) is 41.0 Å². The van der Waals surface area contributed by atoms with E-state index in [0.29, 0.717) is 12.6 Å². The summed E-state index contributed by atoms with van der Waals surface area (Å²) in [4.78, 5) is 23.4. The second-order valence-electron chi connectivity index (χ2n) is 4.37. The quantitative estimate of drug-likeness (QED) is 0.696. The third-order valence-corrected chi connectivity index (χ3v) is 3.06. The van der Waals surface area contributed by atoms with Crippen molar-refractivity contribution in [1.29, 1.82) is 0 Å². The van der Waals surface area contributed by atoms with Gasteiger partial charge in [-0.1, -0.05) is 19.3 Å². The first-order chi connectivity index (χ1) is 7.59. The van der Waals surface area contributed by atoms with Crippen molar-refractivity contribution >= 4 is 11.9 Å². The van der Waals surface area contributed by atoms with Gasteiger partial charge in [0, 0.05) is 12.6 Å². The van der Waals surface area contributed by atoms with Gasteiger partial charge in [0.2, 0.25) is 5.91 Å². The van der Waals surface area contributed by atoms with E-state index in [1.807, 2.05) is 4.90 Å². The molecule has 0 heterocycles. The molecular formula is C11H20N2O3. The van der Waals surface area contributed by atoms with Gasteiger partial charge in [0.05, 0.1) is 13.0 Å². The van der Waals surface area contributed by atoms with Crippen LogP contribution in [0.5, 0.6) is 0 Å². The average molecular weight is 228 g/mol. The predicted octanol–water partition coefficient (Wildman–Crippen LogP) is 0.581. The SMILES string of the molecule is NC(=O)CN(CCC(=O)O)C1CCCCC1. The standard InChI is InChI=1S/C11H20N2O3/c12-10(14)8-13(7-6-11(15)16)9-4-2-1-3-5-9/h9H,1-8H2,(H2,12,14)(H,15,16). The first kappa shape index (κ1) is 13.0. The van der Waals surface area contributed by atoms with Crippen LogP contribution >= 0.6 is 0 Å². The molecule has 5 nitrogen and oxygen atoms in total. The highest BCUT2D eigenvalue weighted by Gasteiger charge is 2.22. The van der Waals surface area contributed by atoms with E-state index in [1.165, 1.54) is 6.42 Å². The third kappa shape index (κ3) is 4.61. The number of hydrogen-bond donors (Lipinski definition) is 2. The van der Waals surface area contributed by atoms with Gasteiger partial charge in [0.1, 0.15) is 0 Å². The molecule has 1 saturated carbocycles. The molecule has 0 atom stereocenters. The molecule has 5 heteroatoms. The highest BCUT2D eigenvalue weighted by molar-refractivity contribution is 5.76. The Bertz CT molecular complexity index is 250. The number of rotatable bonds is 6. The summed E-state index contributed by atoms with van der Waals surface area (Å²) in [5.74, 6) is -1.21. The molecule has 1 fully saturated rings. The van der Waals surface area contributed by atoms with Crippen LogP contribution in [-0.2, 0) is 9.59 Å². The summed E-state index contributed by atoms with van der Waals surface area (Å²) in [7, 11) is 0. The minimum absolute atomic E-state index is 0.0732. The zero-order valence-corrected chi connectivity index (χ0v) is 9.52. The van der Waals surface area contributed by atoms with Crippen molar-refractivity contribution in [2.75, 3.05) is 13.1 Å². The Kier molecular flexibility index (Phi) is 5.25. The Labute approximate surface area is 95.6 Å². The Hall–Kier alpha value is -1.10. The first-order valence-corrected chi connectivity index (χ1v) is 5.83. The van der Waals surface area contributed by atoms with Crippen LogP contribution in [0.3, 0.4) is 0 Å². The van der Waals surface area contributed by atoms with Crippen LogP contribution in [0.15, 0.2) is 0 Å². The fourth-order valence-electron chi connectivity index (χ4n) is 2.28. The van der Waals surface area contributed by atoms with E-state index in [1.54, 1.807) is 0 Å². The second kappa shape index (κ2) is 6.48. The number of nitrogens with two attached hydrogens (primary N) is 1. The molecule has 0 aromatic carbocycles. The van der Waals surface area contributed by atoms with E-state index in [-0.39, 0.29) is 18.9 Å². The van der Waals surface area contributed by atoms with Crippen LogP contribution < -0.4 is 5.73 Å². The molecule has 0 spiro atoms. The van der Waals surface area contributed by atoms with E-state index in [0.717, 1.165) is 25.7 Å². The lowest BCUT2D eigenvalue weighted by molar-refractivity contribution is -0.138. The summed E-state index contributed by atoms with van der Waals surface area (Å²) in [5, 5.41) is 8.65. The summed E-state index contributed by atoms with van der Waals surface area (Å²) < 4.78 is 0. The van der Waals surface area contributed by atoms with Crippen molar-refractivity contribution < 1.29 is 14.7 Å². The van der Waals surface area contributed by atoms with Crippen LogP contribution in [0.2, 0.25) is 0 Å². The van der Waals surface area contributed by atoms with Crippen LogP contribution in [0, 0.1) is 0 Å². The maximum Gasteiger partial charge on any atom is 0.304 e. The van der Waals surface area contributed by atoms with Crippen molar-refractivity contribution in [2.24, 2.45) is 5.73 Å². The Morgan fingerprint density at radius 3 is 2.38 bits per heavy atom. The summed E-state index contributed by atoms with van der Waals surface area (Å²) in [6, 6.07) is 0.334. The number of amides is 1. The molecule has 92 valence electrons. The lowest BCUT2D eigenvalue weighted by Crippen LogP contribution is -2.43. The highest BCUT2D eigenvalue weighted by atomic mass is 16.4. The molecule has 1 aliphatic carbocycles. The molecule has 0 aliphatic heterocycles. The van der Waals surface area contributed by atoms with Gasteiger partial charge < -0.3 is 10.8 Å². The van der Waals surface area contributed by atoms with E-state index in [2.05, 4.69) is 0 Å². The number of carboxylic acids is 1. The van der Waals surface area contributed by atoms with Gasteiger partial charge in [-0.25, -0.2) is 0 Å². The van der Waals surface area contributed by atoms with Crippen LogP contribution in [0.4, 0.5) is 0 Å². The van der Waals surface area contributed by atoms with Gasteiger partial charge in [-0.2, -0.15) is 0 Å². The number of primary amides is 1. The van der Waals surface area contributed by atoms with Crippen molar-refractivity contribution in [3.8, 4) is 0 Å². The monoisotopic (exact) mass is 228 g/mol. The number of carbonyl (C=O) groups excluding carboxylic acids is 1. The molecule has 16 heavy (non-hydrogen) atoms. The molecule has 0 unspecified atom stereocenters. The average Bonchev–Trinajstić information content (AvgIpc) is 2.25. The molecular weight excluding hydrogens is 208 g/mol. The van der Waals surface area contributed by atoms with Gasteiger partial charge in [-0.3, -0.25) is 14.5 Å². The number of nitrogens with zero attached hydrogens (tertiary/aromatic N) is 1. The highest BCUT2D eigenvalue weighted by Crippen LogP contribution is 2.22. The Morgan fingerprint density at radius 2 is 1.88 bits per heavy atom. The predicted molar refractivity (Wildman–Crippen MR) is 59.9 cm³/mol. The fourth-order valence-corrected chi connectivity index (χ4v) is 2.28. The van der Waals surface area contributed by atoms with Crippen molar-refractivity contribution in [1.82, 2.24) is 4.90 Å². The molecule has 0 saturated heterocycles. The fraction of sp³-hybridized carbons (Fsp3) is 0.818. The van der Waals surface area contributed by atoms with Crippen molar-refractivity contribution in [2.45, 2.75) is 44.6 Å². The summed E-state index contributed by atoms with van der Waals surface area (Å²) in [5.41, 5.74) is 5.18. The maximum absolute atomic E-state index is 10.9.